The maximum atomic E-state index is 11.9. The minimum absolute atomic E-state index is 0.0577. The van der Waals surface area contributed by atoms with E-state index in [4.69, 9.17) is 9.73 Å². The lowest BCUT2D eigenvalue weighted by Crippen LogP contribution is -2.62. The first kappa shape index (κ1) is 17.7. The van der Waals surface area contributed by atoms with E-state index in [-0.39, 0.29) is 16.4 Å². The highest BCUT2D eigenvalue weighted by atomic mass is 16.6. The van der Waals surface area contributed by atoms with Crippen LogP contribution in [0.4, 0.5) is 17.1 Å². The quantitative estimate of drug-likeness (QED) is 0.439. The molecule has 3 aromatic rings. The smallest absolute Gasteiger partial charge is 0.313 e. The number of ether oxygens (including phenoxy) is 1. The summed E-state index contributed by atoms with van der Waals surface area (Å²) in [6.07, 6.45) is 1.83. The summed E-state index contributed by atoms with van der Waals surface area (Å²) in [5.74, 6) is 0.232. The van der Waals surface area contributed by atoms with E-state index < -0.39 is 11.1 Å². The zero-order chi connectivity index (χ0) is 20.4. The number of anilines is 1. The van der Waals surface area contributed by atoms with Gasteiger partial charge in [-0.2, -0.15) is 0 Å². The summed E-state index contributed by atoms with van der Waals surface area (Å²) >= 11 is 0. The van der Waals surface area contributed by atoms with Gasteiger partial charge < -0.3 is 9.64 Å². The summed E-state index contributed by atoms with van der Waals surface area (Å²) in [6.45, 7) is 6.95. The van der Waals surface area contributed by atoms with Gasteiger partial charge in [-0.1, -0.05) is 42.5 Å². The van der Waals surface area contributed by atoms with Crippen LogP contribution in [0.25, 0.3) is 10.8 Å². The highest BCUT2D eigenvalue weighted by molar-refractivity contribution is 6.02. The number of aliphatic imine (C=N–C) groups is 1. The van der Waals surface area contributed by atoms with Crippen LogP contribution in [-0.4, -0.2) is 23.4 Å². The van der Waals surface area contributed by atoms with Crippen LogP contribution in [0.3, 0.4) is 0 Å². The summed E-state index contributed by atoms with van der Waals surface area (Å²) in [5.41, 5.74) is 1.27. The van der Waals surface area contributed by atoms with Crippen LogP contribution in [0.15, 0.2) is 59.6 Å². The van der Waals surface area contributed by atoms with Crippen LogP contribution < -0.4 is 9.64 Å². The fourth-order valence-electron chi connectivity index (χ4n) is 4.76. The Morgan fingerprint density at radius 3 is 2.62 bits per heavy atom. The third-order valence-corrected chi connectivity index (χ3v) is 6.26. The van der Waals surface area contributed by atoms with Crippen molar-refractivity contribution in [1.29, 1.82) is 0 Å². The van der Waals surface area contributed by atoms with E-state index in [2.05, 4.69) is 37.8 Å². The van der Waals surface area contributed by atoms with Crippen molar-refractivity contribution in [2.75, 3.05) is 11.4 Å². The van der Waals surface area contributed by atoms with Crippen LogP contribution in [0.5, 0.6) is 5.75 Å². The Balaban J connectivity index is 1.79. The largest absolute Gasteiger partial charge is 0.452 e. The minimum Gasteiger partial charge on any atom is -0.452 e. The second-order valence-corrected chi connectivity index (χ2v) is 7.99. The molecule has 6 heteroatoms. The van der Waals surface area contributed by atoms with Crippen molar-refractivity contribution in [2.24, 2.45) is 4.99 Å². The zero-order valence-electron chi connectivity index (χ0n) is 16.5. The third kappa shape index (κ3) is 2.14. The molecule has 1 unspecified atom stereocenters. The fraction of sp³-hybridized carbons (Fsp3) is 0.261. The summed E-state index contributed by atoms with van der Waals surface area (Å²) in [5, 5.41) is 13.5. The van der Waals surface area contributed by atoms with E-state index in [0.717, 1.165) is 22.0 Å². The van der Waals surface area contributed by atoms with E-state index in [1.807, 2.05) is 42.6 Å². The van der Waals surface area contributed by atoms with Gasteiger partial charge in [0.05, 0.1) is 16.6 Å². The van der Waals surface area contributed by atoms with E-state index in [1.54, 1.807) is 6.07 Å². The van der Waals surface area contributed by atoms with Crippen LogP contribution >= 0.6 is 0 Å². The van der Waals surface area contributed by atoms with Crippen LogP contribution in [0.2, 0.25) is 0 Å². The van der Waals surface area contributed by atoms with Crippen LogP contribution in [0.1, 0.15) is 26.3 Å². The number of benzene rings is 3. The van der Waals surface area contributed by atoms with Gasteiger partial charge in [-0.05, 0) is 37.8 Å². The second kappa shape index (κ2) is 5.80. The molecule has 0 aromatic heterocycles. The average Bonchev–Trinajstić information content (AvgIpc) is 2.90. The first-order valence-electron chi connectivity index (χ1n) is 9.72. The molecule has 0 aliphatic carbocycles. The van der Waals surface area contributed by atoms with Crippen molar-refractivity contribution in [1.82, 2.24) is 0 Å². The Kier molecular flexibility index (Phi) is 3.53. The molecule has 1 atom stereocenters. The number of hydrogen-bond acceptors (Lipinski definition) is 5. The number of hydrogen-bond donors (Lipinski definition) is 0. The summed E-state index contributed by atoms with van der Waals surface area (Å²) in [4.78, 5) is 18.5. The highest BCUT2D eigenvalue weighted by Gasteiger charge is 2.60. The van der Waals surface area contributed by atoms with Crippen molar-refractivity contribution < 1.29 is 9.66 Å². The van der Waals surface area contributed by atoms with Gasteiger partial charge in [0, 0.05) is 23.7 Å². The predicted molar refractivity (Wildman–Crippen MR) is 115 cm³/mol. The molecule has 6 nitrogen and oxygen atoms in total. The first-order chi connectivity index (χ1) is 13.9. The van der Waals surface area contributed by atoms with Gasteiger partial charge >= 0.3 is 5.69 Å². The van der Waals surface area contributed by atoms with Gasteiger partial charge in [-0.3, -0.25) is 15.1 Å². The van der Waals surface area contributed by atoms with E-state index in [0.29, 0.717) is 12.2 Å². The topological polar surface area (TPSA) is 68.0 Å². The van der Waals surface area contributed by atoms with Gasteiger partial charge in [-0.15, -0.1) is 0 Å². The molecule has 146 valence electrons. The summed E-state index contributed by atoms with van der Waals surface area (Å²) < 4.78 is 6.62. The van der Waals surface area contributed by atoms with E-state index in [1.165, 1.54) is 0 Å². The lowest BCUT2D eigenvalue weighted by molar-refractivity contribution is -0.386. The maximum absolute atomic E-state index is 11.9. The number of likely N-dealkylation sites (N-methyl/N-ethyl adjacent to an activating group) is 1. The highest BCUT2D eigenvalue weighted by Crippen LogP contribution is 2.56. The molecule has 0 fully saturated rings. The molecular formula is C23H21N3O3. The molecule has 0 radical (unpaired) electrons. The summed E-state index contributed by atoms with van der Waals surface area (Å²) in [6, 6.07) is 17.3. The van der Waals surface area contributed by atoms with Crippen molar-refractivity contribution in [3.05, 3.63) is 70.3 Å². The Morgan fingerprint density at radius 1 is 1.14 bits per heavy atom. The Morgan fingerprint density at radius 2 is 1.86 bits per heavy atom. The minimum atomic E-state index is -0.939. The molecule has 0 N–H and O–H groups in total. The number of nitrogens with zero attached hydrogens (tertiary/aromatic N) is 3. The van der Waals surface area contributed by atoms with Crippen molar-refractivity contribution in [3.63, 3.8) is 0 Å². The SMILES string of the molecule is CCN1c2ccccc2C(C)(C)C12C=Nc1c(c([N+](=O)[O-])cc3ccccc13)O2. The molecule has 0 saturated carbocycles. The lowest BCUT2D eigenvalue weighted by atomic mass is 9.77. The number of nitro groups is 1. The Labute approximate surface area is 168 Å². The van der Waals surface area contributed by atoms with Gasteiger partial charge in [0.25, 0.3) is 0 Å². The standard InChI is InChI=1S/C23H21N3O3/c1-4-25-18-12-8-7-11-17(18)22(2,3)23(25)14-24-20-16-10-6-5-9-15(16)13-19(26(27)28)21(20)29-23/h5-14H,4H2,1-3H3. The normalized spacial score (nSPS) is 21.1. The molecule has 0 amide bonds. The lowest BCUT2D eigenvalue weighted by Gasteiger charge is -2.45. The molecule has 2 aliphatic rings. The predicted octanol–water partition coefficient (Wildman–Crippen LogP) is 5.36. The number of fused-ring (bicyclic) bond motifs is 4. The number of para-hydroxylation sites is 1. The summed E-state index contributed by atoms with van der Waals surface area (Å²) in [7, 11) is 0. The zero-order valence-corrected chi connectivity index (χ0v) is 16.5. The molecule has 2 heterocycles. The monoisotopic (exact) mass is 387 g/mol. The molecule has 2 aliphatic heterocycles. The van der Waals surface area contributed by atoms with Gasteiger partial charge in [-0.25, -0.2) is 0 Å². The fourth-order valence-corrected chi connectivity index (χ4v) is 4.76. The van der Waals surface area contributed by atoms with Gasteiger partial charge in [0.15, 0.2) is 0 Å². The van der Waals surface area contributed by atoms with Crippen molar-refractivity contribution in [2.45, 2.75) is 31.9 Å². The number of rotatable bonds is 2. The molecule has 5 rings (SSSR count). The molecule has 0 saturated heterocycles. The third-order valence-electron chi connectivity index (χ3n) is 6.26. The van der Waals surface area contributed by atoms with Gasteiger partial charge in [0.1, 0.15) is 5.69 Å². The molecule has 0 bridgehead atoms. The Hall–Kier alpha value is -3.41. The van der Waals surface area contributed by atoms with Crippen LogP contribution in [0, 0.1) is 10.1 Å². The molecular weight excluding hydrogens is 366 g/mol. The van der Waals surface area contributed by atoms with Gasteiger partial charge in [0.2, 0.25) is 11.5 Å². The van der Waals surface area contributed by atoms with Crippen molar-refractivity contribution in [3.8, 4) is 5.75 Å². The van der Waals surface area contributed by atoms with E-state index >= 15 is 0 Å². The van der Waals surface area contributed by atoms with Crippen LogP contribution in [-0.2, 0) is 5.41 Å². The second-order valence-electron chi connectivity index (χ2n) is 7.99. The first-order valence-corrected chi connectivity index (χ1v) is 9.72. The Bertz CT molecular complexity index is 1200. The van der Waals surface area contributed by atoms with Crippen molar-refractivity contribution >= 4 is 34.0 Å². The maximum Gasteiger partial charge on any atom is 0.313 e. The number of nitro benzene ring substituents is 1. The van der Waals surface area contributed by atoms with E-state index in [9.17, 15) is 10.1 Å². The molecule has 29 heavy (non-hydrogen) atoms. The average molecular weight is 387 g/mol. The molecule has 3 aromatic carbocycles. The molecule has 1 spiro atoms.